The normalized spacial score (nSPS) is 20.2. The van der Waals surface area contributed by atoms with Gasteiger partial charge in [0.15, 0.2) is 0 Å². The summed E-state index contributed by atoms with van der Waals surface area (Å²) in [5.41, 5.74) is 4.58. The Morgan fingerprint density at radius 3 is 2.32 bits per heavy atom. The van der Waals surface area contributed by atoms with Gasteiger partial charge < -0.3 is 20.1 Å². The molecule has 2 aromatic rings. The number of fused-ring (bicyclic) bond motifs is 3. The van der Waals surface area contributed by atoms with Crippen LogP contribution >= 0.6 is 11.8 Å². The highest BCUT2D eigenvalue weighted by Gasteiger charge is 2.37. The number of carboxylic acid groups (broad SMARTS) is 1. The van der Waals surface area contributed by atoms with Crippen molar-refractivity contribution in [1.29, 1.82) is 0 Å². The van der Waals surface area contributed by atoms with Gasteiger partial charge in [-0.15, -0.1) is 11.8 Å². The molecule has 2 unspecified atom stereocenters. The van der Waals surface area contributed by atoms with E-state index < -0.39 is 23.4 Å². The predicted octanol–water partition coefficient (Wildman–Crippen LogP) is 3.72. The molecule has 2 aliphatic carbocycles. The summed E-state index contributed by atoms with van der Waals surface area (Å²) in [6, 6.07) is 15.6. The summed E-state index contributed by atoms with van der Waals surface area (Å²) < 4.78 is 5.65. The van der Waals surface area contributed by atoms with Gasteiger partial charge in [-0.25, -0.2) is 4.79 Å². The summed E-state index contributed by atoms with van der Waals surface area (Å²) in [6.45, 7) is 0.832. The lowest BCUT2D eigenvalue weighted by molar-refractivity contribution is -0.138. The number of nitrogens with zero attached hydrogens (tertiary/aromatic N) is 1. The summed E-state index contributed by atoms with van der Waals surface area (Å²) >= 11 is 1.35. The molecule has 2 fully saturated rings. The second kappa shape index (κ2) is 9.70. The number of rotatable bonds is 7. The van der Waals surface area contributed by atoms with Gasteiger partial charge in [0.1, 0.15) is 17.9 Å². The molecule has 8 heteroatoms. The molecule has 3 aliphatic rings. The Balaban J connectivity index is 1.24. The van der Waals surface area contributed by atoms with Crippen LogP contribution in [-0.4, -0.2) is 64.7 Å². The number of carbonyl (C=O) groups is 3. The van der Waals surface area contributed by atoms with E-state index >= 15 is 0 Å². The highest BCUT2D eigenvalue weighted by Crippen LogP contribution is 2.44. The molecule has 34 heavy (non-hydrogen) atoms. The predicted molar refractivity (Wildman–Crippen MR) is 130 cm³/mol. The third kappa shape index (κ3) is 4.78. The molecule has 2 amide bonds. The molecule has 2 aromatic carbocycles. The van der Waals surface area contributed by atoms with E-state index in [0.717, 1.165) is 35.1 Å². The fraction of sp³-hybridized carbons (Fsp3) is 0.423. The number of hydrogen-bond acceptors (Lipinski definition) is 5. The molecule has 7 nitrogen and oxygen atoms in total. The van der Waals surface area contributed by atoms with Crippen LogP contribution < -0.4 is 5.32 Å². The minimum atomic E-state index is -0.911. The number of amides is 2. The molecule has 0 radical (unpaired) electrons. The molecule has 0 aromatic heterocycles. The van der Waals surface area contributed by atoms with Gasteiger partial charge in [0.2, 0.25) is 5.91 Å². The van der Waals surface area contributed by atoms with Crippen LogP contribution in [0.2, 0.25) is 0 Å². The molecule has 1 saturated heterocycles. The summed E-state index contributed by atoms with van der Waals surface area (Å²) in [5, 5.41) is 11.5. The lowest BCUT2D eigenvalue weighted by atomic mass is 9.98. The van der Waals surface area contributed by atoms with E-state index in [0.29, 0.717) is 24.6 Å². The molecule has 0 bridgehead atoms. The third-order valence-corrected chi connectivity index (χ3v) is 8.02. The molecule has 2 atom stereocenters. The van der Waals surface area contributed by atoms with Crippen LogP contribution in [0, 0.1) is 5.92 Å². The SMILES string of the molecule is O=C(NC(CC1CC1)C(=O)N1CCSC(C(=O)O)C1)OCC1c2ccccc2-c2ccccc21. The van der Waals surface area contributed by atoms with Gasteiger partial charge in [0, 0.05) is 24.8 Å². The fourth-order valence-corrected chi connectivity index (χ4v) is 5.95. The Hall–Kier alpha value is -3.00. The van der Waals surface area contributed by atoms with Crippen molar-refractivity contribution in [2.45, 2.75) is 36.5 Å². The van der Waals surface area contributed by atoms with Crippen LogP contribution in [0.25, 0.3) is 11.1 Å². The number of benzene rings is 2. The number of carboxylic acids is 1. The van der Waals surface area contributed by atoms with E-state index in [2.05, 4.69) is 29.6 Å². The minimum absolute atomic E-state index is 0.0498. The van der Waals surface area contributed by atoms with E-state index in [9.17, 15) is 19.5 Å². The summed E-state index contributed by atoms with van der Waals surface area (Å²) in [7, 11) is 0. The highest BCUT2D eigenvalue weighted by atomic mass is 32.2. The second-order valence-corrected chi connectivity index (χ2v) is 10.5. The number of ether oxygens (including phenoxy) is 1. The van der Waals surface area contributed by atoms with Gasteiger partial charge in [-0.1, -0.05) is 61.4 Å². The van der Waals surface area contributed by atoms with Gasteiger partial charge in [-0.2, -0.15) is 0 Å². The average molecular weight is 481 g/mol. The molecular weight excluding hydrogens is 452 g/mol. The molecule has 178 valence electrons. The van der Waals surface area contributed by atoms with Crippen molar-refractivity contribution < 1.29 is 24.2 Å². The van der Waals surface area contributed by atoms with Crippen molar-refractivity contribution in [3.8, 4) is 11.1 Å². The van der Waals surface area contributed by atoms with Crippen molar-refractivity contribution in [3.63, 3.8) is 0 Å². The molecule has 1 aliphatic heterocycles. The maximum Gasteiger partial charge on any atom is 0.407 e. The van der Waals surface area contributed by atoms with Crippen molar-refractivity contribution in [2.75, 3.05) is 25.4 Å². The molecule has 1 saturated carbocycles. The van der Waals surface area contributed by atoms with Crippen LogP contribution in [0.3, 0.4) is 0 Å². The Kier molecular flexibility index (Phi) is 6.50. The first kappa shape index (κ1) is 22.8. The number of thioether (sulfide) groups is 1. The quantitative estimate of drug-likeness (QED) is 0.627. The number of carbonyl (C=O) groups excluding carboxylic acids is 2. The average Bonchev–Trinajstić information content (AvgIpc) is 3.62. The van der Waals surface area contributed by atoms with Crippen LogP contribution in [0.1, 0.15) is 36.3 Å². The molecule has 5 rings (SSSR count). The van der Waals surface area contributed by atoms with Crippen molar-refractivity contribution in [3.05, 3.63) is 59.7 Å². The van der Waals surface area contributed by atoms with E-state index in [4.69, 9.17) is 4.74 Å². The second-order valence-electron chi connectivity index (χ2n) is 9.18. The van der Waals surface area contributed by atoms with Crippen LogP contribution in [0.4, 0.5) is 4.79 Å². The minimum Gasteiger partial charge on any atom is -0.480 e. The van der Waals surface area contributed by atoms with Crippen molar-refractivity contribution >= 4 is 29.7 Å². The summed E-state index contributed by atoms with van der Waals surface area (Å²) in [4.78, 5) is 39.0. The van der Waals surface area contributed by atoms with Gasteiger partial charge in [0.25, 0.3) is 0 Å². The molecule has 1 heterocycles. The van der Waals surface area contributed by atoms with E-state index in [1.165, 1.54) is 11.8 Å². The van der Waals surface area contributed by atoms with E-state index in [-0.39, 0.29) is 25.0 Å². The van der Waals surface area contributed by atoms with Gasteiger partial charge in [-0.3, -0.25) is 9.59 Å². The van der Waals surface area contributed by atoms with Gasteiger partial charge >= 0.3 is 12.1 Å². The monoisotopic (exact) mass is 480 g/mol. The Morgan fingerprint density at radius 2 is 1.71 bits per heavy atom. The maximum absolute atomic E-state index is 13.2. The van der Waals surface area contributed by atoms with Crippen LogP contribution in [0.15, 0.2) is 48.5 Å². The first-order valence-corrected chi connectivity index (χ1v) is 12.8. The largest absolute Gasteiger partial charge is 0.480 e. The molecule has 2 N–H and O–H groups in total. The lowest BCUT2D eigenvalue weighted by Gasteiger charge is -2.33. The molecule has 0 spiro atoms. The third-order valence-electron chi connectivity index (χ3n) is 6.85. The zero-order chi connectivity index (χ0) is 23.7. The number of alkyl carbamates (subject to hydrolysis) is 1. The standard InChI is InChI=1S/C26H28N2O5S/c29-24(28-11-12-34-23(14-28)25(30)31)22(13-16-9-10-16)27-26(32)33-15-21-19-7-3-1-5-17(19)18-6-2-4-8-20(18)21/h1-8,16,21-23H,9-15H2,(H,27,32)(H,30,31). The van der Waals surface area contributed by atoms with Gasteiger partial charge in [0.05, 0.1) is 0 Å². The number of aliphatic carboxylic acids is 1. The van der Waals surface area contributed by atoms with Crippen LogP contribution in [-0.2, 0) is 14.3 Å². The zero-order valence-electron chi connectivity index (χ0n) is 18.8. The van der Waals surface area contributed by atoms with E-state index in [1.54, 1.807) is 4.90 Å². The maximum atomic E-state index is 13.2. The summed E-state index contributed by atoms with van der Waals surface area (Å²) in [5.74, 6) is -0.190. The first-order valence-electron chi connectivity index (χ1n) is 11.8. The first-order chi connectivity index (χ1) is 16.5. The van der Waals surface area contributed by atoms with Crippen molar-refractivity contribution in [2.24, 2.45) is 5.92 Å². The van der Waals surface area contributed by atoms with Gasteiger partial charge in [-0.05, 0) is 34.6 Å². The summed E-state index contributed by atoms with van der Waals surface area (Å²) in [6.07, 6.45) is 2.04. The van der Waals surface area contributed by atoms with Crippen molar-refractivity contribution in [1.82, 2.24) is 10.2 Å². The fourth-order valence-electron chi connectivity index (χ4n) is 4.91. The topological polar surface area (TPSA) is 95.9 Å². The number of hydrogen-bond donors (Lipinski definition) is 2. The Morgan fingerprint density at radius 1 is 1.06 bits per heavy atom. The van der Waals surface area contributed by atoms with E-state index in [1.807, 2.05) is 24.3 Å². The van der Waals surface area contributed by atoms with Crippen LogP contribution in [0.5, 0.6) is 0 Å². The smallest absolute Gasteiger partial charge is 0.407 e. The highest BCUT2D eigenvalue weighted by molar-refractivity contribution is 8.00. The Bertz CT molecular complexity index is 1060. The Labute approximate surface area is 202 Å². The molecular formula is C26H28N2O5S. The zero-order valence-corrected chi connectivity index (χ0v) is 19.6. The lowest BCUT2D eigenvalue weighted by Crippen LogP contribution is -2.53. The number of nitrogens with one attached hydrogen (secondary N) is 1.